The van der Waals surface area contributed by atoms with Crippen LogP contribution in [0.1, 0.15) is 33.6 Å². The van der Waals surface area contributed by atoms with E-state index in [4.69, 9.17) is 0 Å². The minimum Gasteiger partial charge on any atom is -0.317 e. The Balaban J connectivity index is 2.43. The van der Waals surface area contributed by atoms with Gasteiger partial charge in [-0.05, 0) is 37.3 Å². The summed E-state index contributed by atoms with van der Waals surface area (Å²) in [6.07, 6.45) is 2.08. The normalized spacial score (nSPS) is 21.2. The average Bonchev–Trinajstić information content (AvgIpc) is 2.15. The van der Waals surface area contributed by atoms with Crippen LogP contribution in [0.4, 0.5) is 0 Å². The second-order valence-corrected chi connectivity index (χ2v) is 7.41. The molecule has 0 atom stereocenters. The van der Waals surface area contributed by atoms with Gasteiger partial charge in [-0.15, -0.1) is 0 Å². The maximum atomic E-state index is 11.7. The van der Waals surface area contributed by atoms with Gasteiger partial charge in [0.25, 0.3) is 0 Å². The molecule has 0 radical (unpaired) electrons. The maximum Gasteiger partial charge on any atom is 0.211 e. The topological polar surface area (TPSA) is 58.2 Å². The average molecular weight is 248 g/mol. The van der Waals surface area contributed by atoms with Crippen LogP contribution >= 0.6 is 0 Å². The quantitative estimate of drug-likeness (QED) is 0.761. The molecule has 0 aromatic carbocycles. The summed E-state index contributed by atoms with van der Waals surface area (Å²) in [5, 5.41) is 3.29. The fourth-order valence-electron chi connectivity index (χ4n) is 1.99. The molecule has 16 heavy (non-hydrogen) atoms. The Bertz CT molecular complexity index is 306. The highest BCUT2D eigenvalue weighted by molar-refractivity contribution is 7.89. The minimum atomic E-state index is -3.09. The minimum absolute atomic E-state index is 0.120. The third-order valence-electron chi connectivity index (χ3n) is 3.08. The van der Waals surface area contributed by atoms with E-state index in [2.05, 4.69) is 17.0 Å². The first kappa shape index (κ1) is 13.9. The van der Waals surface area contributed by atoms with Gasteiger partial charge in [0.15, 0.2) is 0 Å². The Morgan fingerprint density at radius 3 is 2.38 bits per heavy atom. The van der Waals surface area contributed by atoms with E-state index in [1.165, 1.54) is 0 Å². The van der Waals surface area contributed by atoms with Gasteiger partial charge >= 0.3 is 0 Å². The molecule has 96 valence electrons. The molecular weight excluding hydrogens is 224 g/mol. The number of hydrogen-bond donors (Lipinski definition) is 2. The van der Waals surface area contributed by atoms with Crippen molar-refractivity contribution in [1.29, 1.82) is 0 Å². The molecule has 1 rings (SSSR count). The highest BCUT2D eigenvalue weighted by Gasteiger charge is 2.28. The molecule has 1 saturated heterocycles. The molecule has 1 aliphatic rings. The Kier molecular flexibility index (Phi) is 4.76. The molecular formula is C11H24N2O2S. The van der Waals surface area contributed by atoms with Crippen molar-refractivity contribution < 1.29 is 8.42 Å². The highest BCUT2D eigenvalue weighted by atomic mass is 32.2. The molecule has 1 heterocycles. The van der Waals surface area contributed by atoms with Gasteiger partial charge in [0, 0.05) is 6.54 Å². The zero-order valence-corrected chi connectivity index (χ0v) is 11.4. The number of nitrogens with one attached hydrogen (secondary N) is 2. The van der Waals surface area contributed by atoms with Crippen molar-refractivity contribution in [2.75, 3.05) is 25.4 Å². The lowest BCUT2D eigenvalue weighted by Gasteiger charge is -2.34. The zero-order valence-electron chi connectivity index (χ0n) is 10.5. The van der Waals surface area contributed by atoms with Gasteiger partial charge in [0.05, 0.1) is 5.75 Å². The van der Waals surface area contributed by atoms with Gasteiger partial charge in [-0.3, -0.25) is 0 Å². The Morgan fingerprint density at radius 2 is 1.88 bits per heavy atom. The van der Waals surface area contributed by atoms with Crippen LogP contribution in [0.5, 0.6) is 0 Å². The molecule has 0 amide bonds. The number of piperidine rings is 1. The van der Waals surface area contributed by atoms with E-state index in [0.29, 0.717) is 6.54 Å². The molecule has 1 aliphatic heterocycles. The van der Waals surface area contributed by atoms with Crippen LogP contribution in [0.15, 0.2) is 0 Å². The number of hydrogen-bond acceptors (Lipinski definition) is 3. The summed E-state index contributed by atoms with van der Waals surface area (Å²) in [6.45, 7) is 8.55. The van der Waals surface area contributed by atoms with Crippen molar-refractivity contribution in [3.05, 3.63) is 0 Å². The van der Waals surface area contributed by atoms with Crippen LogP contribution in [0.25, 0.3) is 0 Å². The van der Waals surface area contributed by atoms with E-state index in [0.717, 1.165) is 25.9 Å². The van der Waals surface area contributed by atoms with Gasteiger partial charge in [-0.1, -0.05) is 20.8 Å². The summed E-state index contributed by atoms with van der Waals surface area (Å²) in [5.74, 6) is 0.403. The molecule has 5 heteroatoms. The lowest BCUT2D eigenvalue weighted by molar-refractivity contribution is 0.232. The summed E-state index contributed by atoms with van der Waals surface area (Å²) in [7, 11) is -3.09. The predicted molar refractivity (Wildman–Crippen MR) is 66.8 cm³/mol. The molecule has 2 N–H and O–H groups in total. The van der Waals surface area contributed by atoms with Crippen LogP contribution < -0.4 is 10.0 Å². The molecule has 0 saturated carbocycles. The van der Waals surface area contributed by atoms with Crippen LogP contribution in [0, 0.1) is 11.3 Å². The van der Waals surface area contributed by atoms with E-state index >= 15 is 0 Å². The van der Waals surface area contributed by atoms with Crippen LogP contribution in [-0.4, -0.2) is 33.8 Å². The second-order valence-electron chi connectivity index (χ2n) is 5.56. The first-order valence-electron chi connectivity index (χ1n) is 6.01. The predicted octanol–water partition coefficient (Wildman–Crippen LogP) is 0.952. The summed E-state index contributed by atoms with van der Waals surface area (Å²) in [5.41, 5.74) is 0.120. The second kappa shape index (κ2) is 5.47. The van der Waals surface area contributed by atoms with Crippen LogP contribution in [-0.2, 0) is 10.0 Å². The first-order valence-corrected chi connectivity index (χ1v) is 7.66. The smallest absolute Gasteiger partial charge is 0.211 e. The van der Waals surface area contributed by atoms with Crippen molar-refractivity contribution in [2.45, 2.75) is 33.6 Å². The maximum absolute atomic E-state index is 11.7. The van der Waals surface area contributed by atoms with Crippen molar-refractivity contribution in [1.82, 2.24) is 10.0 Å². The molecule has 0 aromatic heterocycles. The zero-order chi connectivity index (χ0) is 12.2. The fraction of sp³-hybridized carbons (Fsp3) is 1.00. The Morgan fingerprint density at radius 1 is 1.31 bits per heavy atom. The van der Waals surface area contributed by atoms with Gasteiger partial charge < -0.3 is 5.32 Å². The Labute approximate surface area is 99.2 Å². The van der Waals surface area contributed by atoms with Gasteiger partial charge in [-0.25, -0.2) is 13.1 Å². The molecule has 4 nitrogen and oxygen atoms in total. The van der Waals surface area contributed by atoms with Gasteiger partial charge in [0.2, 0.25) is 10.0 Å². The first-order chi connectivity index (χ1) is 7.33. The van der Waals surface area contributed by atoms with E-state index in [1.54, 1.807) is 0 Å². The Hall–Kier alpha value is -0.130. The summed E-state index contributed by atoms with van der Waals surface area (Å²) in [6, 6.07) is 0. The summed E-state index contributed by atoms with van der Waals surface area (Å²) >= 11 is 0. The molecule has 0 bridgehead atoms. The van der Waals surface area contributed by atoms with Crippen molar-refractivity contribution >= 4 is 10.0 Å². The monoisotopic (exact) mass is 248 g/mol. The molecule has 0 aromatic rings. The fourth-order valence-corrected chi connectivity index (χ4v) is 3.55. The largest absolute Gasteiger partial charge is 0.317 e. The standard InChI is InChI=1S/C11H24N2O2S/c1-10(2)8-16(14,15)13-9-11(3)4-6-12-7-5-11/h10,12-13H,4-9H2,1-3H3. The number of sulfonamides is 1. The number of rotatable bonds is 5. The van der Waals surface area contributed by atoms with E-state index in [1.807, 2.05) is 13.8 Å². The molecule has 1 fully saturated rings. The van der Waals surface area contributed by atoms with E-state index in [-0.39, 0.29) is 17.1 Å². The van der Waals surface area contributed by atoms with E-state index in [9.17, 15) is 8.42 Å². The van der Waals surface area contributed by atoms with Crippen molar-refractivity contribution in [3.8, 4) is 0 Å². The SMILES string of the molecule is CC(C)CS(=O)(=O)NCC1(C)CCNCC1. The van der Waals surface area contributed by atoms with Crippen molar-refractivity contribution in [2.24, 2.45) is 11.3 Å². The summed E-state index contributed by atoms with van der Waals surface area (Å²) < 4.78 is 26.1. The van der Waals surface area contributed by atoms with Crippen LogP contribution in [0.3, 0.4) is 0 Å². The third kappa shape index (κ3) is 4.80. The van der Waals surface area contributed by atoms with Gasteiger partial charge in [-0.2, -0.15) is 0 Å². The molecule has 0 aliphatic carbocycles. The molecule has 0 spiro atoms. The lowest BCUT2D eigenvalue weighted by Crippen LogP contribution is -2.43. The third-order valence-corrected chi connectivity index (χ3v) is 4.77. The van der Waals surface area contributed by atoms with Crippen molar-refractivity contribution in [3.63, 3.8) is 0 Å². The lowest BCUT2D eigenvalue weighted by atomic mass is 9.81. The molecule has 0 unspecified atom stereocenters. The van der Waals surface area contributed by atoms with Gasteiger partial charge in [0.1, 0.15) is 0 Å². The highest BCUT2D eigenvalue weighted by Crippen LogP contribution is 2.26. The van der Waals surface area contributed by atoms with Crippen LogP contribution in [0.2, 0.25) is 0 Å². The van der Waals surface area contributed by atoms with E-state index < -0.39 is 10.0 Å². The summed E-state index contributed by atoms with van der Waals surface area (Å²) in [4.78, 5) is 0.